The fraction of sp³-hybridized carbons (Fsp3) is 0.412. The first-order valence-corrected chi connectivity index (χ1v) is 7.87. The van der Waals surface area contributed by atoms with Gasteiger partial charge in [-0.25, -0.2) is 4.39 Å². The zero-order valence-corrected chi connectivity index (χ0v) is 12.9. The maximum Gasteiger partial charge on any atom is 0.228 e. The van der Waals surface area contributed by atoms with Gasteiger partial charge in [-0.1, -0.05) is 12.1 Å². The number of hydrogen-bond acceptors (Lipinski definition) is 3. The third-order valence-electron chi connectivity index (χ3n) is 3.86. The summed E-state index contributed by atoms with van der Waals surface area (Å²) >= 11 is 0. The molecule has 0 saturated carbocycles. The lowest BCUT2D eigenvalue weighted by atomic mass is 10.1. The van der Waals surface area contributed by atoms with Gasteiger partial charge in [0.25, 0.3) is 0 Å². The molecule has 0 aliphatic carbocycles. The van der Waals surface area contributed by atoms with E-state index in [1.807, 2.05) is 0 Å². The van der Waals surface area contributed by atoms with Crippen molar-refractivity contribution in [3.63, 3.8) is 0 Å². The van der Waals surface area contributed by atoms with Gasteiger partial charge in [0.1, 0.15) is 5.82 Å². The summed E-state index contributed by atoms with van der Waals surface area (Å²) in [6.07, 6.45) is 7.20. The Kier molecular flexibility index (Phi) is 5.02. The van der Waals surface area contributed by atoms with E-state index in [0.717, 1.165) is 25.0 Å². The van der Waals surface area contributed by atoms with Gasteiger partial charge in [-0.05, 0) is 37.0 Å². The normalized spacial score (nSPS) is 17.9. The van der Waals surface area contributed by atoms with Gasteiger partial charge >= 0.3 is 0 Å². The van der Waals surface area contributed by atoms with Crippen molar-refractivity contribution in [2.75, 3.05) is 11.9 Å². The summed E-state index contributed by atoms with van der Waals surface area (Å²) in [4.78, 5) is 12.0. The quantitative estimate of drug-likeness (QED) is 0.922. The number of aromatic nitrogens is 2. The average molecular weight is 317 g/mol. The van der Waals surface area contributed by atoms with Crippen LogP contribution >= 0.6 is 0 Å². The Morgan fingerprint density at radius 2 is 2.17 bits per heavy atom. The molecule has 1 saturated heterocycles. The maximum atomic E-state index is 12.8. The van der Waals surface area contributed by atoms with Crippen LogP contribution in [0.3, 0.4) is 0 Å². The standard InChI is InChI=1S/C17H20FN3O2/c18-14-6-4-13(5-7-14)9-17(22)20-15-10-19-21(11-15)12-16-3-1-2-8-23-16/h4-7,10-11,16H,1-3,8-9,12H2,(H,20,22). The minimum absolute atomic E-state index is 0.148. The molecular formula is C17H20FN3O2. The number of carbonyl (C=O) groups is 1. The van der Waals surface area contributed by atoms with Crippen molar-refractivity contribution in [1.82, 2.24) is 9.78 Å². The summed E-state index contributed by atoms with van der Waals surface area (Å²) in [5.41, 5.74) is 1.43. The fourth-order valence-electron chi connectivity index (χ4n) is 2.68. The molecule has 5 nitrogen and oxygen atoms in total. The van der Waals surface area contributed by atoms with E-state index < -0.39 is 0 Å². The molecule has 1 amide bonds. The lowest BCUT2D eigenvalue weighted by Crippen LogP contribution is -2.24. The van der Waals surface area contributed by atoms with E-state index in [9.17, 15) is 9.18 Å². The predicted molar refractivity (Wildman–Crippen MR) is 84.6 cm³/mol. The second-order valence-electron chi connectivity index (χ2n) is 5.79. The third-order valence-corrected chi connectivity index (χ3v) is 3.86. The van der Waals surface area contributed by atoms with Gasteiger partial charge in [0.2, 0.25) is 5.91 Å². The Bertz CT molecular complexity index is 648. The molecule has 3 rings (SSSR count). The third kappa shape index (κ3) is 4.63. The van der Waals surface area contributed by atoms with Crippen LogP contribution in [0.25, 0.3) is 0 Å². The minimum atomic E-state index is -0.305. The van der Waals surface area contributed by atoms with Crippen molar-refractivity contribution in [3.05, 3.63) is 48.0 Å². The number of nitrogens with zero attached hydrogens (tertiary/aromatic N) is 2. The molecule has 2 heterocycles. The van der Waals surface area contributed by atoms with Crippen molar-refractivity contribution >= 4 is 11.6 Å². The summed E-state index contributed by atoms with van der Waals surface area (Å²) in [6, 6.07) is 5.92. The topological polar surface area (TPSA) is 56.2 Å². The molecule has 1 aromatic heterocycles. The first-order chi connectivity index (χ1) is 11.2. The average Bonchev–Trinajstić information content (AvgIpc) is 2.97. The summed E-state index contributed by atoms with van der Waals surface area (Å²) in [7, 11) is 0. The van der Waals surface area contributed by atoms with E-state index in [-0.39, 0.29) is 24.2 Å². The summed E-state index contributed by atoms with van der Waals surface area (Å²) < 4.78 is 20.3. The lowest BCUT2D eigenvalue weighted by molar-refractivity contribution is -0.115. The molecule has 1 aliphatic rings. The van der Waals surface area contributed by atoms with Gasteiger partial charge < -0.3 is 10.1 Å². The van der Waals surface area contributed by atoms with Gasteiger partial charge in [-0.2, -0.15) is 5.10 Å². The van der Waals surface area contributed by atoms with Crippen molar-refractivity contribution in [1.29, 1.82) is 0 Å². The highest BCUT2D eigenvalue weighted by atomic mass is 19.1. The summed E-state index contributed by atoms with van der Waals surface area (Å²) in [5, 5.41) is 7.06. The highest BCUT2D eigenvalue weighted by Gasteiger charge is 2.15. The number of nitrogens with one attached hydrogen (secondary N) is 1. The second kappa shape index (κ2) is 7.37. The van der Waals surface area contributed by atoms with Crippen LogP contribution in [0.15, 0.2) is 36.7 Å². The molecule has 0 bridgehead atoms. The van der Waals surface area contributed by atoms with Gasteiger partial charge in [-0.3, -0.25) is 9.48 Å². The maximum absolute atomic E-state index is 12.8. The molecule has 0 spiro atoms. The highest BCUT2D eigenvalue weighted by molar-refractivity contribution is 5.91. The molecule has 1 atom stereocenters. The van der Waals surface area contributed by atoms with E-state index in [0.29, 0.717) is 12.2 Å². The van der Waals surface area contributed by atoms with Crippen molar-refractivity contribution in [2.45, 2.75) is 38.3 Å². The Balaban J connectivity index is 1.51. The molecule has 2 aromatic rings. The van der Waals surface area contributed by atoms with E-state index >= 15 is 0 Å². The number of hydrogen-bond donors (Lipinski definition) is 1. The number of rotatable bonds is 5. The van der Waals surface area contributed by atoms with Crippen LogP contribution in [0.5, 0.6) is 0 Å². The zero-order chi connectivity index (χ0) is 16.1. The van der Waals surface area contributed by atoms with Crippen LogP contribution in [0, 0.1) is 5.82 Å². The number of carbonyl (C=O) groups excluding carboxylic acids is 1. The van der Waals surface area contributed by atoms with Crippen LogP contribution in [0.4, 0.5) is 10.1 Å². The summed E-state index contributed by atoms with van der Waals surface area (Å²) in [6.45, 7) is 1.51. The van der Waals surface area contributed by atoms with Gasteiger partial charge in [-0.15, -0.1) is 0 Å². The van der Waals surface area contributed by atoms with Crippen molar-refractivity contribution in [3.8, 4) is 0 Å². The molecule has 1 aliphatic heterocycles. The Morgan fingerprint density at radius 1 is 1.35 bits per heavy atom. The van der Waals surface area contributed by atoms with Crippen molar-refractivity contribution in [2.24, 2.45) is 0 Å². The predicted octanol–water partition coefficient (Wildman–Crippen LogP) is 2.77. The van der Waals surface area contributed by atoms with Crippen LogP contribution in [0.2, 0.25) is 0 Å². The summed E-state index contributed by atoms with van der Waals surface area (Å²) in [5.74, 6) is -0.453. The molecule has 1 unspecified atom stereocenters. The van der Waals surface area contributed by atoms with Crippen LogP contribution in [0.1, 0.15) is 24.8 Å². The van der Waals surface area contributed by atoms with Gasteiger partial charge in [0.15, 0.2) is 0 Å². The SMILES string of the molecule is O=C(Cc1ccc(F)cc1)Nc1cnn(CC2CCCCO2)c1. The Hall–Kier alpha value is -2.21. The Labute approximate surface area is 134 Å². The van der Waals surface area contributed by atoms with Crippen LogP contribution < -0.4 is 5.32 Å². The molecule has 23 heavy (non-hydrogen) atoms. The molecule has 1 aromatic carbocycles. The molecule has 1 N–H and O–H groups in total. The minimum Gasteiger partial charge on any atom is -0.376 e. The number of halogens is 1. The van der Waals surface area contributed by atoms with E-state index in [1.165, 1.54) is 18.6 Å². The fourth-order valence-corrected chi connectivity index (χ4v) is 2.68. The van der Waals surface area contributed by atoms with Crippen LogP contribution in [-0.2, 0) is 22.5 Å². The number of anilines is 1. The first kappa shape index (κ1) is 15.7. The lowest BCUT2D eigenvalue weighted by Gasteiger charge is -2.22. The molecule has 6 heteroatoms. The number of amides is 1. The smallest absolute Gasteiger partial charge is 0.228 e. The largest absolute Gasteiger partial charge is 0.376 e. The monoisotopic (exact) mass is 317 g/mol. The molecule has 122 valence electrons. The number of benzene rings is 1. The molecule has 0 radical (unpaired) electrons. The highest BCUT2D eigenvalue weighted by Crippen LogP contribution is 2.15. The van der Waals surface area contributed by atoms with Gasteiger partial charge in [0, 0.05) is 12.8 Å². The van der Waals surface area contributed by atoms with E-state index in [1.54, 1.807) is 29.2 Å². The van der Waals surface area contributed by atoms with Crippen LogP contribution in [-0.4, -0.2) is 28.4 Å². The Morgan fingerprint density at radius 3 is 2.91 bits per heavy atom. The van der Waals surface area contributed by atoms with E-state index in [4.69, 9.17) is 4.74 Å². The van der Waals surface area contributed by atoms with Gasteiger partial charge in [0.05, 0.1) is 31.0 Å². The second-order valence-corrected chi connectivity index (χ2v) is 5.79. The number of ether oxygens (including phenoxy) is 1. The molecule has 1 fully saturated rings. The van der Waals surface area contributed by atoms with Crippen molar-refractivity contribution < 1.29 is 13.9 Å². The van der Waals surface area contributed by atoms with E-state index in [2.05, 4.69) is 10.4 Å². The molecular weight excluding hydrogens is 297 g/mol. The first-order valence-electron chi connectivity index (χ1n) is 7.87. The zero-order valence-electron chi connectivity index (χ0n) is 12.9.